The molecule has 3 aromatic rings. The quantitative estimate of drug-likeness (QED) is 0.804. The van der Waals surface area contributed by atoms with Gasteiger partial charge in [-0.25, -0.2) is 4.68 Å². The monoisotopic (exact) mass is 292 g/mol. The molecule has 0 fully saturated rings. The molecule has 1 heterocycles. The van der Waals surface area contributed by atoms with Gasteiger partial charge in [-0.05, 0) is 30.2 Å². The minimum Gasteiger partial charge on any atom is -0.508 e. The van der Waals surface area contributed by atoms with Crippen LogP contribution in [0.4, 0.5) is 0 Å². The summed E-state index contributed by atoms with van der Waals surface area (Å²) in [5.41, 5.74) is 2.71. The van der Waals surface area contributed by atoms with Crippen molar-refractivity contribution in [3.63, 3.8) is 0 Å². The summed E-state index contributed by atoms with van der Waals surface area (Å²) in [6.45, 7) is 0.504. The molecule has 0 radical (unpaired) electrons. The molecular formula is C18H16N2O2. The Morgan fingerprint density at radius 3 is 2.36 bits per heavy atom. The van der Waals surface area contributed by atoms with Crippen LogP contribution in [0.2, 0.25) is 0 Å². The van der Waals surface area contributed by atoms with Crippen molar-refractivity contribution in [1.29, 1.82) is 0 Å². The highest BCUT2D eigenvalue weighted by Crippen LogP contribution is 2.14. The van der Waals surface area contributed by atoms with Crippen LogP contribution >= 0.6 is 0 Å². The average molecular weight is 292 g/mol. The van der Waals surface area contributed by atoms with Crippen LogP contribution in [-0.2, 0) is 13.0 Å². The summed E-state index contributed by atoms with van der Waals surface area (Å²) in [6.07, 6.45) is 0.686. The molecule has 0 amide bonds. The highest BCUT2D eigenvalue weighted by molar-refractivity contribution is 5.57. The van der Waals surface area contributed by atoms with E-state index >= 15 is 0 Å². The Hall–Kier alpha value is -2.88. The predicted molar refractivity (Wildman–Crippen MR) is 85.7 cm³/mol. The molecule has 0 aliphatic rings. The number of phenolic OH excluding ortho intramolecular Hbond substituents is 1. The molecule has 0 saturated heterocycles. The first kappa shape index (κ1) is 14.1. The summed E-state index contributed by atoms with van der Waals surface area (Å²) < 4.78 is 1.48. The Morgan fingerprint density at radius 2 is 1.64 bits per heavy atom. The minimum absolute atomic E-state index is 0.113. The van der Waals surface area contributed by atoms with Crippen molar-refractivity contribution >= 4 is 0 Å². The molecular weight excluding hydrogens is 276 g/mol. The number of aromatic hydroxyl groups is 1. The van der Waals surface area contributed by atoms with Gasteiger partial charge in [0.2, 0.25) is 0 Å². The van der Waals surface area contributed by atoms with Gasteiger partial charge in [-0.2, -0.15) is 5.10 Å². The van der Waals surface area contributed by atoms with Crippen LogP contribution in [0.15, 0.2) is 71.5 Å². The lowest BCUT2D eigenvalue weighted by atomic mass is 10.1. The lowest BCUT2D eigenvalue weighted by molar-refractivity contribution is 0.475. The number of phenols is 1. The number of aromatic nitrogens is 2. The largest absolute Gasteiger partial charge is 0.508 e. The summed E-state index contributed by atoms with van der Waals surface area (Å²) in [6, 6.07) is 20.1. The molecule has 0 aliphatic carbocycles. The predicted octanol–water partition coefficient (Wildman–Crippen LogP) is 2.86. The van der Waals surface area contributed by atoms with E-state index in [1.807, 2.05) is 42.5 Å². The summed E-state index contributed by atoms with van der Waals surface area (Å²) in [4.78, 5) is 11.9. The summed E-state index contributed by atoms with van der Waals surface area (Å²) in [7, 11) is 0. The van der Waals surface area contributed by atoms with E-state index in [0.29, 0.717) is 13.0 Å². The van der Waals surface area contributed by atoms with Gasteiger partial charge in [0.05, 0.1) is 5.69 Å². The molecule has 22 heavy (non-hydrogen) atoms. The van der Waals surface area contributed by atoms with Crippen molar-refractivity contribution in [2.45, 2.75) is 13.0 Å². The normalized spacial score (nSPS) is 10.5. The van der Waals surface area contributed by atoms with E-state index in [4.69, 9.17) is 0 Å². The molecule has 1 aromatic heterocycles. The van der Waals surface area contributed by atoms with Gasteiger partial charge in [0.1, 0.15) is 5.75 Å². The van der Waals surface area contributed by atoms with Gasteiger partial charge in [0.15, 0.2) is 0 Å². The lowest BCUT2D eigenvalue weighted by Gasteiger charge is -2.07. The zero-order valence-electron chi connectivity index (χ0n) is 12.0. The Labute approximate surface area is 128 Å². The zero-order valence-corrected chi connectivity index (χ0v) is 12.0. The van der Waals surface area contributed by atoms with E-state index in [9.17, 15) is 9.90 Å². The SMILES string of the molecule is O=c1ccc(-c2ccccc2)nn1CCc1ccc(O)cc1. The maximum atomic E-state index is 11.9. The van der Waals surface area contributed by atoms with Crippen molar-refractivity contribution in [2.75, 3.05) is 0 Å². The van der Waals surface area contributed by atoms with Crippen LogP contribution in [0.25, 0.3) is 11.3 Å². The third-order valence-electron chi connectivity index (χ3n) is 3.48. The van der Waals surface area contributed by atoms with Crippen molar-refractivity contribution < 1.29 is 5.11 Å². The van der Waals surface area contributed by atoms with E-state index < -0.39 is 0 Å². The molecule has 4 nitrogen and oxygen atoms in total. The first-order valence-corrected chi connectivity index (χ1v) is 7.14. The topological polar surface area (TPSA) is 55.1 Å². The lowest BCUT2D eigenvalue weighted by Crippen LogP contribution is -2.23. The highest BCUT2D eigenvalue weighted by Gasteiger charge is 2.03. The summed E-state index contributed by atoms with van der Waals surface area (Å²) in [5, 5.41) is 13.7. The van der Waals surface area contributed by atoms with Crippen LogP contribution in [-0.4, -0.2) is 14.9 Å². The summed E-state index contributed by atoms with van der Waals surface area (Å²) in [5.74, 6) is 0.241. The van der Waals surface area contributed by atoms with Gasteiger partial charge in [0.25, 0.3) is 5.56 Å². The van der Waals surface area contributed by atoms with Crippen LogP contribution in [0.1, 0.15) is 5.56 Å². The fourth-order valence-electron chi connectivity index (χ4n) is 2.27. The van der Waals surface area contributed by atoms with Crippen LogP contribution in [0.5, 0.6) is 5.75 Å². The van der Waals surface area contributed by atoms with Crippen LogP contribution in [0, 0.1) is 0 Å². The maximum Gasteiger partial charge on any atom is 0.266 e. The molecule has 0 saturated carbocycles. The maximum absolute atomic E-state index is 11.9. The molecule has 2 aromatic carbocycles. The molecule has 4 heteroatoms. The van der Waals surface area contributed by atoms with E-state index in [0.717, 1.165) is 16.8 Å². The highest BCUT2D eigenvalue weighted by atomic mass is 16.3. The number of rotatable bonds is 4. The van der Waals surface area contributed by atoms with Crippen molar-refractivity contribution in [1.82, 2.24) is 9.78 Å². The third-order valence-corrected chi connectivity index (χ3v) is 3.48. The number of hydrogen-bond acceptors (Lipinski definition) is 3. The molecule has 0 atom stereocenters. The Bertz CT molecular complexity index is 808. The zero-order chi connectivity index (χ0) is 15.4. The van der Waals surface area contributed by atoms with E-state index in [-0.39, 0.29) is 11.3 Å². The summed E-state index contributed by atoms with van der Waals surface area (Å²) >= 11 is 0. The first-order valence-electron chi connectivity index (χ1n) is 7.14. The number of benzene rings is 2. The molecule has 0 unspecified atom stereocenters. The van der Waals surface area contributed by atoms with E-state index in [1.54, 1.807) is 24.3 Å². The van der Waals surface area contributed by atoms with Gasteiger partial charge >= 0.3 is 0 Å². The Morgan fingerprint density at radius 1 is 0.909 bits per heavy atom. The molecule has 3 rings (SSSR count). The second-order valence-electron chi connectivity index (χ2n) is 5.06. The van der Waals surface area contributed by atoms with Crippen LogP contribution in [0.3, 0.4) is 0 Å². The second-order valence-corrected chi connectivity index (χ2v) is 5.06. The number of nitrogens with zero attached hydrogens (tertiary/aromatic N) is 2. The Kier molecular flexibility index (Phi) is 4.01. The average Bonchev–Trinajstić information content (AvgIpc) is 2.56. The van der Waals surface area contributed by atoms with Crippen molar-refractivity contribution in [2.24, 2.45) is 0 Å². The van der Waals surface area contributed by atoms with Gasteiger partial charge in [-0.1, -0.05) is 42.5 Å². The fraction of sp³-hybridized carbons (Fsp3) is 0.111. The van der Waals surface area contributed by atoms with Crippen LogP contribution < -0.4 is 5.56 Å². The number of aryl methyl sites for hydroxylation is 2. The van der Waals surface area contributed by atoms with Gasteiger partial charge in [-0.15, -0.1) is 0 Å². The van der Waals surface area contributed by atoms with Gasteiger partial charge in [-0.3, -0.25) is 4.79 Å². The second kappa shape index (κ2) is 6.26. The van der Waals surface area contributed by atoms with Crippen molar-refractivity contribution in [3.8, 4) is 17.0 Å². The van der Waals surface area contributed by atoms with Crippen molar-refractivity contribution in [3.05, 3.63) is 82.6 Å². The molecule has 0 bridgehead atoms. The van der Waals surface area contributed by atoms with Gasteiger partial charge < -0.3 is 5.11 Å². The molecule has 0 spiro atoms. The van der Waals surface area contributed by atoms with E-state index in [1.165, 1.54) is 4.68 Å². The molecule has 0 aliphatic heterocycles. The first-order chi connectivity index (χ1) is 10.7. The van der Waals surface area contributed by atoms with E-state index in [2.05, 4.69) is 5.10 Å². The van der Waals surface area contributed by atoms with Gasteiger partial charge in [0, 0.05) is 18.2 Å². The number of hydrogen-bond donors (Lipinski definition) is 1. The minimum atomic E-state index is -0.113. The fourth-order valence-corrected chi connectivity index (χ4v) is 2.27. The Balaban J connectivity index is 1.81. The smallest absolute Gasteiger partial charge is 0.266 e. The standard InChI is InChI=1S/C18H16N2O2/c21-16-8-6-14(7-9-16)12-13-20-18(22)11-10-17(19-20)15-4-2-1-3-5-15/h1-11,21H,12-13H2. The third kappa shape index (κ3) is 3.23. The molecule has 110 valence electrons. The molecule has 1 N–H and O–H groups in total.